The Morgan fingerprint density at radius 2 is 1.81 bits per heavy atom. The molecule has 1 aromatic heterocycles. The van der Waals surface area contributed by atoms with E-state index in [2.05, 4.69) is 46.7 Å². The van der Waals surface area contributed by atoms with E-state index in [1.807, 2.05) is 36.0 Å². The Labute approximate surface area is 159 Å². The minimum Gasteiger partial charge on any atom is -0.295 e. The molecule has 3 aromatic rings. The first-order valence-electron chi connectivity index (χ1n) is 9.44. The molecule has 2 aromatic carbocycles. The summed E-state index contributed by atoms with van der Waals surface area (Å²) in [7, 11) is 0. The summed E-state index contributed by atoms with van der Waals surface area (Å²) in [6.45, 7) is 2.68. The van der Waals surface area contributed by atoms with E-state index in [-0.39, 0.29) is 0 Å². The first kappa shape index (κ1) is 17.4. The van der Waals surface area contributed by atoms with E-state index in [4.69, 9.17) is 0 Å². The van der Waals surface area contributed by atoms with Crippen molar-refractivity contribution < 1.29 is 4.79 Å². The Morgan fingerprint density at radius 3 is 2.67 bits per heavy atom. The fourth-order valence-electron chi connectivity index (χ4n) is 3.62. The van der Waals surface area contributed by atoms with Crippen LogP contribution in [0.15, 0.2) is 71.9 Å². The molecule has 0 atom stereocenters. The minimum absolute atomic E-state index is 0.302. The molecule has 27 heavy (non-hydrogen) atoms. The van der Waals surface area contributed by atoms with Gasteiger partial charge in [-0.15, -0.1) is 5.10 Å². The summed E-state index contributed by atoms with van der Waals surface area (Å²) in [6, 6.07) is 18.7. The summed E-state index contributed by atoms with van der Waals surface area (Å²) in [4.78, 5) is 12.0. The van der Waals surface area contributed by atoms with Crippen molar-refractivity contribution in [3.8, 4) is 11.3 Å². The van der Waals surface area contributed by atoms with Gasteiger partial charge in [0.15, 0.2) is 5.78 Å². The largest absolute Gasteiger partial charge is 0.295 e. The normalized spacial score (nSPS) is 14.6. The van der Waals surface area contributed by atoms with Crippen molar-refractivity contribution in [2.75, 3.05) is 0 Å². The van der Waals surface area contributed by atoms with Crippen LogP contribution >= 0.6 is 0 Å². The average molecular weight is 357 g/mol. The summed E-state index contributed by atoms with van der Waals surface area (Å²) in [5.74, 6) is 0.302. The van der Waals surface area contributed by atoms with Gasteiger partial charge in [-0.2, -0.15) is 0 Å². The van der Waals surface area contributed by atoms with Crippen LogP contribution in [0.3, 0.4) is 0 Å². The van der Waals surface area contributed by atoms with Crippen LogP contribution in [0.25, 0.3) is 11.3 Å². The maximum Gasteiger partial charge on any atom is 0.158 e. The van der Waals surface area contributed by atoms with Gasteiger partial charge in [-0.05, 0) is 49.0 Å². The Bertz CT molecular complexity index is 986. The molecule has 1 aliphatic carbocycles. The number of ketones is 1. The van der Waals surface area contributed by atoms with Crippen LogP contribution in [0.5, 0.6) is 0 Å². The molecule has 1 aliphatic rings. The molecular formula is C23H23N3O. The first-order chi connectivity index (χ1) is 13.2. The summed E-state index contributed by atoms with van der Waals surface area (Å²) in [6.07, 6.45) is 5.51. The highest BCUT2D eigenvalue weighted by Crippen LogP contribution is 2.26. The maximum atomic E-state index is 12.0. The van der Waals surface area contributed by atoms with Crippen molar-refractivity contribution >= 4 is 5.78 Å². The van der Waals surface area contributed by atoms with Crippen molar-refractivity contribution in [3.63, 3.8) is 0 Å². The highest BCUT2D eigenvalue weighted by Gasteiger charge is 2.17. The number of allylic oxidation sites excluding steroid dienone is 2. The number of carbonyl (C=O) groups is 1. The van der Waals surface area contributed by atoms with Crippen LogP contribution in [-0.4, -0.2) is 20.8 Å². The van der Waals surface area contributed by atoms with E-state index >= 15 is 0 Å². The van der Waals surface area contributed by atoms with E-state index in [1.54, 1.807) is 0 Å². The summed E-state index contributed by atoms with van der Waals surface area (Å²) >= 11 is 0. The zero-order chi connectivity index (χ0) is 18.6. The third-order valence-corrected chi connectivity index (χ3v) is 5.20. The molecule has 0 saturated carbocycles. The third kappa shape index (κ3) is 4.05. The molecule has 136 valence electrons. The number of hydrogen-bond donors (Lipinski definition) is 0. The topological polar surface area (TPSA) is 47.8 Å². The average Bonchev–Trinajstić information content (AvgIpc) is 3.15. The second-order valence-electron chi connectivity index (χ2n) is 7.17. The fourth-order valence-corrected chi connectivity index (χ4v) is 3.62. The van der Waals surface area contributed by atoms with Gasteiger partial charge in [-0.3, -0.25) is 4.79 Å². The molecule has 4 nitrogen and oxygen atoms in total. The van der Waals surface area contributed by atoms with E-state index in [0.717, 1.165) is 36.1 Å². The number of Topliss-reactive ketones (excluding diaryl/α,β-unsaturated/α-hetero) is 1. The van der Waals surface area contributed by atoms with Gasteiger partial charge in [-0.25, -0.2) is 4.68 Å². The molecule has 0 fully saturated rings. The van der Waals surface area contributed by atoms with Crippen LogP contribution in [0.4, 0.5) is 0 Å². The van der Waals surface area contributed by atoms with Crippen molar-refractivity contribution in [1.82, 2.24) is 15.0 Å². The first-order valence-corrected chi connectivity index (χ1v) is 9.44. The second-order valence-corrected chi connectivity index (χ2v) is 7.17. The van der Waals surface area contributed by atoms with Crippen LogP contribution in [0.1, 0.15) is 37.3 Å². The molecule has 4 rings (SSSR count). The van der Waals surface area contributed by atoms with Crippen molar-refractivity contribution in [2.45, 2.75) is 39.2 Å². The lowest BCUT2D eigenvalue weighted by molar-refractivity contribution is -0.116. The SMILES string of the molecule is CC1=C(Cc2cccc(-c3cn(Cc4ccccc4)nn3)c2)CCCC1=O. The monoisotopic (exact) mass is 357 g/mol. The van der Waals surface area contributed by atoms with Gasteiger partial charge in [0.05, 0.1) is 12.7 Å². The van der Waals surface area contributed by atoms with Gasteiger partial charge >= 0.3 is 0 Å². The predicted octanol–water partition coefficient (Wildman–Crippen LogP) is 4.61. The maximum absolute atomic E-state index is 12.0. The van der Waals surface area contributed by atoms with E-state index in [1.165, 1.54) is 16.7 Å². The molecule has 0 aliphatic heterocycles. The summed E-state index contributed by atoms with van der Waals surface area (Å²) in [5.41, 5.74) is 6.59. The van der Waals surface area contributed by atoms with Gasteiger partial charge in [0.25, 0.3) is 0 Å². The number of hydrogen-bond acceptors (Lipinski definition) is 3. The van der Waals surface area contributed by atoms with Gasteiger partial charge in [-0.1, -0.05) is 59.3 Å². The fraction of sp³-hybridized carbons (Fsp3) is 0.261. The third-order valence-electron chi connectivity index (χ3n) is 5.20. The van der Waals surface area contributed by atoms with Crippen LogP contribution < -0.4 is 0 Å². The standard InChI is InChI=1S/C23H23N3O/c1-17-20(10-6-12-23(17)27)13-19-9-5-11-21(14-19)22-16-26(25-24-22)15-18-7-3-2-4-8-18/h2-5,7-9,11,14,16H,6,10,12-13,15H2,1H3. The second kappa shape index (κ2) is 7.70. The molecule has 0 bridgehead atoms. The molecule has 0 amide bonds. The highest BCUT2D eigenvalue weighted by molar-refractivity contribution is 5.96. The zero-order valence-corrected chi connectivity index (χ0v) is 15.6. The molecule has 4 heteroatoms. The van der Waals surface area contributed by atoms with Crippen molar-refractivity contribution in [3.05, 3.63) is 83.1 Å². The van der Waals surface area contributed by atoms with E-state index < -0.39 is 0 Å². The van der Waals surface area contributed by atoms with Gasteiger partial charge in [0.1, 0.15) is 5.69 Å². The van der Waals surface area contributed by atoms with Gasteiger partial charge in [0.2, 0.25) is 0 Å². The number of nitrogens with zero attached hydrogens (tertiary/aromatic N) is 3. The Hall–Kier alpha value is -3.01. The Morgan fingerprint density at radius 1 is 1.00 bits per heavy atom. The van der Waals surface area contributed by atoms with Gasteiger partial charge < -0.3 is 0 Å². The van der Waals surface area contributed by atoms with Crippen LogP contribution in [0.2, 0.25) is 0 Å². The number of benzene rings is 2. The van der Waals surface area contributed by atoms with E-state index in [9.17, 15) is 4.79 Å². The lowest BCUT2D eigenvalue weighted by Crippen LogP contribution is -2.10. The number of aromatic nitrogens is 3. The number of rotatable bonds is 5. The van der Waals surface area contributed by atoms with Crippen molar-refractivity contribution in [1.29, 1.82) is 0 Å². The van der Waals surface area contributed by atoms with Crippen LogP contribution in [-0.2, 0) is 17.8 Å². The van der Waals surface area contributed by atoms with E-state index in [0.29, 0.717) is 18.7 Å². The molecular weight excluding hydrogens is 334 g/mol. The Kier molecular flexibility index (Phi) is 4.97. The minimum atomic E-state index is 0.302. The highest BCUT2D eigenvalue weighted by atomic mass is 16.1. The van der Waals surface area contributed by atoms with Gasteiger partial charge in [0, 0.05) is 12.0 Å². The number of carbonyl (C=O) groups excluding carboxylic acids is 1. The molecule has 0 spiro atoms. The quantitative estimate of drug-likeness (QED) is 0.670. The molecule has 0 N–H and O–H groups in total. The van der Waals surface area contributed by atoms with Crippen molar-refractivity contribution in [2.24, 2.45) is 0 Å². The lowest BCUT2D eigenvalue weighted by Gasteiger charge is -2.17. The Balaban J connectivity index is 1.53. The predicted molar refractivity (Wildman–Crippen MR) is 106 cm³/mol. The molecule has 0 unspecified atom stereocenters. The van der Waals surface area contributed by atoms with Crippen LogP contribution in [0, 0.1) is 0 Å². The molecule has 1 heterocycles. The summed E-state index contributed by atoms with van der Waals surface area (Å²) in [5, 5.41) is 8.61. The zero-order valence-electron chi connectivity index (χ0n) is 15.6. The molecule has 0 radical (unpaired) electrons. The lowest BCUT2D eigenvalue weighted by atomic mass is 9.87. The molecule has 0 saturated heterocycles. The smallest absolute Gasteiger partial charge is 0.158 e. The summed E-state index contributed by atoms with van der Waals surface area (Å²) < 4.78 is 1.86.